The number of hydrogen-bond acceptors (Lipinski definition) is 1. The molecular weight excluding hydrogens is 266 g/mol. The third-order valence-corrected chi connectivity index (χ3v) is 3.50. The van der Waals surface area contributed by atoms with Gasteiger partial charge in [0.2, 0.25) is 0 Å². The summed E-state index contributed by atoms with van der Waals surface area (Å²) in [4.78, 5) is 4.59. The molecule has 0 spiro atoms. The highest BCUT2D eigenvalue weighted by molar-refractivity contribution is 5.70. The summed E-state index contributed by atoms with van der Waals surface area (Å²) in [5.74, 6) is -0.133. The SMILES string of the molecule is [2H]C([2H])(c1cc(-c2ccccc2)ncc1-c1ccccc1)C(C)C. The van der Waals surface area contributed by atoms with Gasteiger partial charge >= 0.3 is 0 Å². The smallest absolute Gasteiger partial charge is 0.0705 e. The minimum atomic E-state index is -1.43. The van der Waals surface area contributed by atoms with Gasteiger partial charge in [-0.3, -0.25) is 4.98 Å². The lowest BCUT2D eigenvalue weighted by atomic mass is 9.94. The number of hydrogen-bond donors (Lipinski definition) is 0. The van der Waals surface area contributed by atoms with Crippen molar-refractivity contribution in [2.45, 2.75) is 20.2 Å². The van der Waals surface area contributed by atoms with E-state index in [0.29, 0.717) is 5.56 Å². The maximum atomic E-state index is 8.61. The van der Waals surface area contributed by atoms with Crippen molar-refractivity contribution in [3.8, 4) is 22.4 Å². The largest absolute Gasteiger partial charge is 0.256 e. The van der Waals surface area contributed by atoms with Gasteiger partial charge in [0, 0.05) is 20.1 Å². The van der Waals surface area contributed by atoms with E-state index in [9.17, 15) is 0 Å². The summed E-state index contributed by atoms with van der Waals surface area (Å²) in [6, 6.07) is 21.7. The number of nitrogens with zero attached hydrogens (tertiary/aromatic N) is 1. The van der Waals surface area contributed by atoms with Gasteiger partial charge in [-0.25, -0.2) is 0 Å². The summed E-state index contributed by atoms with van der Waals surface area (Å²) in [6.45, 7) is 3.83. The topological polar surface area (TPSA) is 12.9 Å². The lowest BCUT2D eigenvalue weighted by Crippen LogP contribution is -1.99. The third-order valence-electron chi connectivity index (χ3n) is 3.50. The van der Waals surface area contributed by atoms with Gasteiger partial charge in [0.15, 0.2) is 0 Å². The molecule has 0 saturated heterocycles. The zero-order valence-electron chi connectivity index (χ0n) is 15.0. The number of aromatic nitrogens is 1. The van der Waals surface area contributed by atoms with Gasteiger partial charge in [-0.15, -0.1) is 0 Å². The van der Waals surface area contributed by atoms with Crippen LogP contribution in [-0.4, -0.2) is 4.98 Å². The van der Waals surface area contributed by atoms with E-state index in [1.54, 1.807) is 6.20 Å². The highest BCUT2D eigenvalue weighted by Crippen LogP contribution is 2.28. The predicted molar refractivity (Wildman–Crippen MR) is 93.7 cm³/mol. The summed E-state index contributed by atoms with van der Waals surface area (Å²) < 4.78 is 17.2. The Bertz CT molecular complexity index is 812. The van der Waals surface area contributed by atoms with E-state index in [1.165, 1.54) is 0 Å². The third kappa shape index (κ3) is 3.25. The second kappa shape index (κ2) is 6.57. The molecule has 22 heavy (non-hydrogen) atoms. The first-order chi connectivity index (χ1) is 11.5. The van der Waals surface area contributed by atoms with Crippen molar-refractivity contribution in [1.29, 1.82) is 0 Å². The Morgan fingerprint density at radius 2 is 1.50 bits per heavy atom. The Balaban J connectivity index is 2.20. The first kappa shape index (κ1) is 12.2. The summed E-state index contributed by atoms with van der Waals surface area (Å²) in [7, 11) is 0. The Hall–Kier alpha value is -2.41. The molecule has 0 aliphatic carbocycles. The van der Waals surface area contributed by atoms with Crippen molar-refractivity contribution in [3.63, 3.8) is 0 Å². The summed E-state index contributed by atoms with van der Waals surface area (Å²) in [6.07, 6.45) is 0.366. The van der Waals surface area contributed by atoms with Crippen LogP contribution >= 0.6 is 0 Å². The van der Waals surface area contributed by atoms with Crippen LogP contribution in [0.1, 0.15) is 22.2 Å². The molecule has 0 fully saturated rings. The summed E-state index contributed by atoms with van der Waals surface area (Å²) >= 11 is 0. The van der Waals surface area contributed by atoms with Crippen molar-refractivity contribution in [2.24, 2.45) is 5.92 Å². The fourth-order valence-electron chi connectivity index (χ4n) is 2.50. The average molecular weight is 289 g/mol. The van der Waals surface area contributed by atoms with Gasteiger partial charge in [-0.2, -0.15) is 0 Å². The molecule has 0 aliphatic heterocycles. The molecule has 3 aromatic rings. The minimum Gasteiger partial charge on any atom is -0.256 e. The van der Waals surface area contributed by atoms with Crippen LogP contribution in [0.5, 0.6) is 0 Å². The number of pyridine rings is 1. The number of benzene rings is 2. The second-order valence-electron chi connectivity index (χ2n) is 5.65. The van der Waals surface area contributed by atoms with Gasteiger partial charge in [0.25, 0.3) is 0 Å². The van der Waals surface area contributed by atoms with Gasteiger partial charge in [-0.1, -0.05) is 74.5 Å². The maximum Gasteiger partial charge on any atom is 0.0705 e. The van der Waals surface area contributed by atoms with Gasteiger partial charge in [0.05, 0.1) is 5.69 Å². The molecule has 0 saturated carbocycles. The van der Waals surface area contributed by atoms with E-state index < -0.39 is 6.37 Å². The van der Waals surface area contributed by atoms with Gasteiger partial charge < -0.3 is 0 Å². The fraction of sp³-hybridized carbons (Fsp3) is 0.190. The lowest BCUT2D eigenvalue weighted by Gasteiger charge is -2.13. The van der Waals surface area contributed by atoms with E-state index in [-0.39, 0.29) is 5.92 Å². The monoisotopic (exact) mass is 289 g/mol. The van der Waals surface area contributed by atoms with E-state index >= 15 is 0 Å². The molecule has 1 heteroatoms. The molecule has 110 valence electrons. The highest BCUT2D eigenvalue weighted by Gasteiger charge is 2.10. The normalized spacial score (nSPS) is 12.9. The molecule has 0 amide bonds. The Morgan fingerprint density at radius 3 is 2.09 bits per heavy atom. The van der Waals surface area contributed by atoms with Crippen LogP contribution in [0.25, 0.3) is 22.4 Å². The van der Waals surface area contributed by atoms with Crippen LogP contribution in [-0.2, 0) is 6.37 Å². The second-order valence-corrected chi connectivity index (χ2v) is 5.65. The van der Waals surface area contributed by atoms with Crippen LogP contribution in [0.2, 0.25) is 0 Å². The molecule has 2 aromatic carbocycles. The van der Waals surface area contributed by atoms with E-state index in [1.807, 2.05) is 80.6 Å². The summed E-state index contributed by atoms with van der Waals surface area (Å²) in [5.41, 5.74) is 4.34. The zero-order chi connectivity index (χ0) is 17.2. The average Bonchev–Trinajstić information content (AvgIpc) is 2.62. The van der Waals surface area contributed by atoms with Crippen LogP contribution in [0.4, 0.5) is 0 Å². The van der Waals surface area contributed by atoms with Crippen LogP contribution in [0.3, 0.4) is 0 Å². The molecule has 3 rings (SSSR count). The Kier molecular flexibility index (Phi) is 3.63. The first-order valence-electron chi connectivity index (χ1n) is 8.61. The molecule has 0 N–H and O–H groups in total. The quantitative estimate of drug-likeness (QED) is 0.608. The van der Waals surface area contributed by atoms with Crippen LogP contribution in [0.15, 0.2) is 72.9 Å². The highest BCUT2D eigenvalue weighted by atomic mass is 14.7. The van der Waals surface area contributed by atoms with E-state index in [2.05, 4.69) is 4.98 Å². The standard InChI is InChI=1S/C21H21N/c1-16(2)13-19-14-21(18-11-7-4-8-12-18)22-15-20(19)17-9-5-3-6-10-17/h3-12,14-16H,13H2,1-2H3/i13D2. The molecule has 0 radical (unpaired) electrons. The van der Waals surface area contributed by atoms with Crippen molar-refractivity contribution in [2.75, 3.05) is 0 Å². The molecule has 0 unspecified atom stereocenters. The lowest BCUT2D eigenvalue weighted by molar-refractivity contribution is 0.648. The van der Waals surface area contributed by atoms with E-state index in [4.69, 9.17) is 2.74 Å². The summed E-state index contributed by atoms with van der Waals surface area (Å²) in [5, 5.41) is 0. The van der Waals surface area contributed by atoms with Gasteiger partial charge in [0.1, 0.15) is 0 Å². The Morgan fingerprint density at radius 1 is 0.909 bits per heavy atom. The zero-order valence-corrected chi connectivity index (χ0v) is 13.0. The van der Waals surface area contributed by atoms with Crippen molar-refractivity contribution in [1.82, 2.24) is 4.98 Å². The molecule has 0 atom stereocenters. The van der Waals surface area contributed by atoms with Gasteiger partial charge in [-0.05, 0) is 29.5 Å². The molecule has 0 aliphatic rings. The van der Waals surface area contributed by atoms with Crippen LogP contribution < -0.4 is 0 Å². The molecule has 1 aromatic heterocycles. The molecule has 1 nitrogen and oxygen atoms in total. The van der Waals surface area contributed by atoms with Crippen molar-refractivity contribution >= 4 is 0 Å². The molecule has 0 bridgehead atoms. The number of rotatable bonds is 4. The fourth-order valence-corrected chi connectivity index (χ4v) is 2.50. The van der Waals surface area contributed by atoms with Crippen molar-refractivity contribution in [3.05, 3.63) is 78.5 Å². The van der Waals surface area contributed by atoms with Crippen LogP contribution in [0, 0.1) is 5.92 Å². The predicted octanol–water partition coefficient (Wildman–Crippen LogP) is 5.61. The first-order valence-corrected chi connectivity index (χ1v) is 7.61. The molecular formula is C21H21N. The van der Waals surface area contributed by atoms with E-state index in [0.717, 1.165) is 22.4 Å². The molecule has 1 heterocycles. The Labute approximate surface area is 135 Å². The van der Waals surface area contributed by atoms with Crippen molar-refractivity contribution < 1.29 is 2.74 Å². The minimum absolute atomic E-state index is 0.133. The maximum absolute atomic E-state index is 8.61.